The standard InChI is InChI=1S/C17H19N5O2/c1-4-20-22(6-1)7-5-18-11-14-12-19-21-17(14)13-2-3-15-16(10-13)24-9-8-23-15/h1-4,6,10,12,18H,5,7-9,11H2,(H,19,21). The zero-order valence-corrected chi connectivity index (χ0v) is 13.2. The molecule has 124 valence electrons. The molecule has 0 aliphatic carbocycles. The molecule has 0 radical (unpaired) electrons. The summed E-state index contributed by atoms with van der Waals surface area (Å²) in [5, 5.41) is 14.9. The van der Waals surface area contributed by atoms with Gasteiger partial charge in [-0.3, -0.25) is 9.78 Å². The molecule has 1 aliphatic heterocycles. The van der Waals surface area contributed by atoms with Gasteiger partial charge in [0.1, 0.15) is 13.2 Å². The third kappa shape index (κ3) is 3.11. The van der Waals surface area contributed by atoms with Crippen LogP contribution in [0.2, 0.25) is 0 Å². The Bertz CT molecular complexity index is 797. The Kier molecular flexibility index (Phi) is 4.16. The van der Waals surface area contributed by atoms with Gasteiger partial charge in [0, 0.05) is 36.6 Å². The lowest BCUT2D eigenvalue weighted by Gasteiger charge is -2.18. The highest BCUT2D eigenvalue weighted by Gasteiger charge is 2.14. The van der Waals surface area contributed by atoms with Gasteiger partial charge in [-0.15, -0.1) is 0 Å². The first kappa shape index (κ1) is 14.8. The van der Waals surface area contributed by atoms with Gasteiger partial charge in [0.05, 0.1) is 18.4 Å². The minimum atomic E-state index is 0.585. The quantitative estimate of drug-likeness (QED) is 0.676. The smallest absolute Gasteiger partial charge is 0.162 e. The third-order valence-corrected chi connectivity index (χ3v) is 3.94. The van der Waals surface area contributed by atoms with Crippen LogP contribution in [0.25, 0.3) is 11.3 Å². The molecule has 0 spiro atoms. The Morgan fingerprint density at radius 1 is 1.21 bits per heavy atom. The SMILES string of the molecule is c1cnn(CCNCc2cn[nH]c2-c2ccc3c(c2)OCCO3)c1. The fourth-order valence-electron chi connectivity index (χ4n) is 2.74. The maximum absolute atomic E-state index is 5.66. The number of aromatic nitrogens is 4. The Morgan fingerprint density at radius 3 is 3.00 bits per heavy atom. The van der Waals surface area contributed by atoms with Crippen LogP contribution in [0.1, 0.15) is 5.56 Å². The highest BCUT2D eigenvalue weighted by Crippen LogP contribution is 2.34. The van der Waals surface area contributed by atoms with E-state index in [0.717, 1.165) is 48.0 Å². The third-order valence-electron chi connectivity index (χ3n) is 3.94. The average Bonchev–Trinajstić information content (AvgIpc) is 3.30. The van der Waals surface area contributed by atoms with Crippen molar-refractivity contribution in [2.45, 2.75) is 13.1 Å². The van der Waals surface area contributed by atoms with Crippen molar-refractivity contribution < 1.29 is 9.47 Å². The Hall–Kier alpha value is -2.80. The van der Waals surface area contributed by atoms with Gasteiger partial charge >= 0.3 is 0 Å². The lowest BCUT2D eigenvalue weighted by atomic mass is 10.1. The summed E-state index contributed by atoms with van der Waals surface area (Å²) >= 11 is 0. The summed E-state index contributed by atoms with van der Waals surface area (Å²) in [6, 6.07) is 7.89. The molecule has 24 heavy (non-hydrogen) atoms. The number of hydrogen-bond donors (Lipinski definition) is 2. The van der Waals surface area contributed by atoms with Crippen molar-refractivity contribution in [2.24, 2.45) is 0 Å². The molecule has 4 rings (SSSR count). The molecule has 0 saturated heterocycles. The molecule has 1 aromatic carbocycles. The van der Waals surface area contributed by atoms with Crippen LogP contribution in [0, 0.1) is 0 Å². The van der Waals surface area contributed by atoms with E-state index in [-0.39, 0.29) is 0 Å². The van der Waals surface area contributed by atoms with Gasteiger partial charge < -0.3 is 14.8 Å². The summed E-state index contributed by atoms with van der Waals surface area (Å²) in [6.45, 7) is 3.60. The molecule has 0 amide bonds. The summed E-state index contributed by atoms with van der Waals surface area (Å²) in [5.74, 6) is 1.58. The molecule has 1 aliphatic rings. The van der Waals surface area contributed by atoms with Crippen molar-refractivity contribution >= 4 is 0 Å². The molecule has 2 N–H and O–H groups in total. The normalized spacial score (nSPS) is 13.2. The first-order chi connectivity index (χ1) is 11.9. The van der Waals surface area contributed by atoms with Crippen LogP contribution in [0.4, 0.5) is 0 Å². The van der Waals surface area contributed by atoms with Crippen LogP contribution in [0.5, 0.6) is 11.5 Å². The van der Waals surface area contributed by atoms with Gasteiger partial charge in [-0.05, 0) is 24.3 Å². The van der Waals surface area contributed by atoms with Crippen LogP contribution in [-0.4, -0.2) is 39.7 Å². The Labute approximate surface area is 139 Å². The highest BCUT2D eigenvalue weighted by molar-refractivity contribution is 5.66. The zero-order valence-electron chi connectivity index (χ0n) is 13.2. The molecule has 7 heteroatoms. The predicted octanol–water partition coefficient (Wildman–Crippen LogP) is 1.83. The number of ether oxygens (including phenoxy) is 2. The number of H-pyrrole nitrogens is 1. The van der Waals surface area contributed by atoms with Crippen molar-refractivity contribution in [2.75, 3.05) is 19.8 Å². The molecule has 0 unspecified atom stereocenters. The van der Waals surface area contributed by atoms with Gasteiger partial charge in [0.15, 0.2) is 11.5 Å². The Morgan fingerprint density at radius 2 is 2.12 bits per heavy atom. The molecule has 0 saturated carbocycles. The molecule has 2 aromatic heterocycles. The van der Waals surface area contributed by atoms with E-state index in [1.807, 2.05) is 41.3 Å². The van der Waals surface area contributed by atoms with Gasteiger partial charge in [0.2, 0.25) is 0 Å². The first-order valence-corrected chi connectivity index (χ1v) is 8.00. The number of benzene rings is 1. The van der Waals surface area contributed by atoms with E-state index in [0.29, 0.717) is 13.2 Å². The molecule has 7 nitrogen and oxygen atoms in total. The lowest BCUT2D eigenvalue weighted by molar-refractivity contribution is 0.171. The summed E-state index contributed by atoms with van der Waals surface area (Å²) in [7, 11) is 0. The number of aromatic amines is 1. The van der Waals surface area contributed by atoms with E-state index in [9.17, 15) is 0 Å². The fraction of sp³-hybridized carbons (Fsp3) is 0.294. The second-order valence-corrected chi connectivity index (χ2v) is 5.57. The van der Waals surface area contributed by atoms with Crippen LogP contribution in [0.3, 0.4) is 0 Å². The topological polar surface area (TPSA) is 77.0 Å². The molecule has 0 bridgehead atoms. The van der Waals surface area contributed by atoms with Gasteiger partial charge in [-0.2, -0.15) is 10.2 Å². The highest BCUT2D eigenvalue weighted by atomic mass is 16.6. The summed E-state index contributed by atoms with van der Waals surface area (Å²) in [5.41, 5.74) is 3.16. The number of rotatable bonds is 6. The van der Waals surface area contributed by atoms with Gasteiger partial charge in [0.25, 0.3) is 0 Å². The monoisotopic (exact) mass is 325 g/mol. The molecular formula is C17H19N5O2. The molecule has 3 aromatic rings. The van der Waals surface area contributed by atoms with Crippen molar-refractivity contribution in [3.8, 4) is 22.8 Å². The predicted molar refractivity (Wildman–Crippen MR) is 88.9 cm³/mol. The average molecular weight is 325 g/mol. The van der Waals surface area contributed by atoms with E-state index in [4.69, 9.17) is 9.47 Å². The van der Waals surface area contributed by atoms with Crippen LogP contribution < -0.4 is 14.8 Å². The van der Waals surface area contributed by atoms with Crippen molar-refractivity contribution in [1.82, 2.24) is 25.3 Å². The second-order valence-electron chi connectivity index (χ2n) is 5.57. The van der Waals surface area contributed by atoms with Crippen LogP contribution in [0.15, 0.2) is 42.9 Å². The number of hydrogen-bond acceptors (Lipinski definition) is 5. The second kappa shape index (κ2) is 6.76. The minimum Gasteiger partial charge on any atom is -0.486 e. The van der Waals surface area contributed by atoms with Gasteiger partial charge in [-0.1, -0.05) is 0 Å². The van der Waals surface area contributed by atoms with Crippen LogP contribution in [-0.2, 0) is 13.1 Å². The molecule has 0 atom stereocenters. The fourth-order valence-corrected chi connectivity index (χ4v) is 2.74. The van der Waals surface area contributed by atoms with E-state index >= 15 is 0 Å². The van der Waals surface area contributed by atoms with E-state index < -0.39 is 0 Å². The zero-order chi connectivity index (χ0) is 16.2. The van der Waals surface area contributed by atoms with Crippen molar-refractivity contribution in [1.29, 1.82) is 0 Å². The summed E-state index contributed by atoms with van der Waals surface area (Å²) in [6.07, 6.45) is 5.60. The maximum Gasteiger partial charge on any atom is 0.162 e. The number of fused-ring (bicyclic) bond motifs is 1. The van der Waals surface area contributed by atoms with E-state index in [2.05, 4.69) is 20.6 Å². The van der Waals surface area contributed by atoms with E-state index in [1.54, 1.807) is 6.20 Å². The van der Waals surface area contributed by atoms with Crippen LogP contribution >= 0.6 is 0 Å². The van der Waals surface area contributed by atoms with Crippen molar-refractivity contribution in [3.05, 3.63) is 48.4 Å². The largest absolute Gasteiger partial charge is 0.486 e. The lowest BCUT2D eigenvalue weighted by Crippen LogP contribution is -2.19. The molecule has 3 heterocycles. The van der Waals surface area contributed by atoms with E-state index in [1.165, 1.54) is 0 Å². The minimum absolute atomic E-state index is 0.585. The summed E-state index contributed by atoms with van der Waals surface area (Å²) in [4.78, 5) is 0. The Balaban J connectivity index is 1.42. The number of nitrogens with one attached hydrogen (secondary N) is 2. The first-order valence-electron chi connectivity index (χ1n) is 8.00. The molecular weight excluding hydrogens is 306 g/mol. The summed E-state index contributed by atoms with van der Waals surface area (Å²) < 4.78 is 13.1. The maximum atomic E-state index is 5.66. The van der Waals surface area contributed by atoms with Gasteiger partial charge in [-0.25, -0.2) is 0 Å². The van der Waals surface area contributed by atoms with Crippen molar-refractivity contribution in [3.63, 3.8) is 0 Å². The number of nitrogens with zero attached hydrogens (tertiary/aromatic N) is 3. The molecule has 0 fully saturated rings.